The average Bonchev–Trinajstić information content (AvgIpc) is 3.22. The first-order valence-electron chi connectivity index (χ1n) is 6.47. The number of methoxy groups -OCH3 is 1. The van der Waals surface area contributed by atoms with Gasteiger partial charge in [0.15, 0.2) is 5.69 Å². The summed E-state index contributed by atoms with van der Waals surface area (Å²) in [6, 6.07) is 0. The largest absolute Gasteiger partial charge is 0.464 e. The molecule has 0 aliphatic heterocycles. The molecule has 1 saturated carbocycles. The molecule has 2 aromatic rings. The number of carbonyl (C=O) groups excluding carboxylic acids is 1. The van der Waals surface area contributed by atoms with Crippen LogP contribution < -0.4 is 5.32 Å². The molecule has 0 amide bonds. The van der Waals surface area contributed by atoms with Crippen molar-refractivity contribution in [1.82, 2.24) is 15.0 Å². The van der Waals surface area contributed by atoms with E-state index in [-0.39, 0.29) is 16.6 Å². The smallest absolute Gasteiger partial charge is 0.358 e. The second-order valence-corrected chi connectivity index (χ2v) is 5.02. The molecule has 0 radical (unpaired) electrons. The minimum Gasteiger partial charge on any atom is -0.464 e. The fourth-order valence-corrected chi connectivity index (χ4v) is 2.07. The third-order valence-corrected chi connectivity index (χ3v) is 3.44. The van der Waals surface area contributed by atoms with E-state index in [2.05, 4.69) is 20.3 Å². The standard InChI is InChI=1S/C13H13ClN4O3/c1-20-13(19)10-9(14)12(16-6-8-15-4-5-21-8)18-11(17-10)7-2-3-7/h4-5,7H,2-3,6H2,1H3,(H,16,17,18). The van der Waals surface area contributed by atoms with Gasteiger partial charge in [-0.25, -0.2) is 19.7 Å². The number of halogens is 1. The molecule has 1 N–H and O–H groups in total. The highest BCUT2D eigenvalue weighted by atomic mass is 35.5. The molecule has 1 aliphatic carbocycles. The molecule has 110 valence electrons. The monoisotopic (exact) mass is 308 g/mol. The number of ether oxygens (including phenoxy) is 1. The topological polar surface area (TPSA) is 90.1 Å². The van der Waals surface area contributed by atoms with E-state index in [4.69, 9.17) is 20.8 Å². The van der Waals surface area contributed by atoms with Gasteiger partial charge >= 0.3 is 5.97 Å². The van der Waals surface area contributed by atoms with Gasteiger partial charge in [-0.15, -0.1) is 0 Å². The minimum atomic E-state index is -0.580. The van der Waals surface area contributed by atoms with Gasteiger partial charge < -0.3 is 14.5 Å². The second-order valence-electron chi connectivity index (χ2n) is 4.64. The maximum atomic E-state index is 11.8. The number of nitrogens with zero attached hydrogens (tertiary/aromatic N) is 3. The van der Waals surface area contributed by atoms with E-state index in [1.54, 1.807) is 6.20 Å². The Morgan fingerprint density at radius 3 is 2.95 bits per heavy atom. The molecule has 0 spiro atoms. The van der Waals surface area contributed by atoms with E-state index in [9.17, 15) is 4.79 Å². The van der Waals surface area contributed by atoms with E-state index in [0.717, 1.165) is 12.8 Å². The molecule has 0 unspecified atom stereocenters. The van der Waals surface area contributed by atoms with E-state index < -0.39 is 5.97 Å². The van der Waals surface area contributed by atoms with Gasteiger partial charge in [0, 0.05) is 5.92 Å². The van der Waals surface area contributed by atoms with Crippen molar-refractivity contribution >= 4 is 23.4 Å². The first-order chi connectivity index (χ1) is 10.2. The minimum absolute atomic E-state index is 0.0750. The molecule has 0 bridgehead atoms. The van der Waals surface area contributed by atoms with Crippen LogP contribution in [0, 0.1) is 0 Å². The number of rotatable bonds is 5. The Bertz CT molecular complexity index is 656. The number of oxazole rings is 1. The van der Waals surface area contributed by atoms with Crippen molar-refractivity contribution in [2.24, 2.45) is 0 Å². The Hall–Kier alpha value is -2.15. The van der Waals surface area contributed by atoms with Crippen LogP contribution in [-0.4, -0.2) is 28.0 Å². The highest BCUT2D eigenvalue weighted by Crippen LogP contribution is 2.39. The average molecular weight is 309 g/mol. The molecule has 21 heavy (non-hydrogen) atoms. The number of anilines is 1. The second kappa shape index (κ2) is 5.69. The number of hydrogen-bond acceptors (Lipinski definition) is 7. The summed E-state index contributed by atoms with van der Waals surface area (Å²) in [5, 5.41) is 3.15. The predicted molar refractivity (Wildman–Crippen MR) is 74.2 cm³/mol. The van der Waals surface area contributed by atoms with Crippen LogP contribution in [0.1, 0.15) is 41.0 Å². The third kappa shape index (κ3) is 2.97. The Balaban J connectivity index is 1.89. The van der Waals surface area contributed by atoms with Crippen LogP contribution in [0.15, 0.2) is 16.9 Å². The van der Waals surface area contributed by atoms with Crippen LogP contribution >= 0.6 is 11.6 Å². The Morgan fingerprint density at radius 1 is 1.52 bits per heavy atom. The summed E-state index contributed by atoms with van der Waals surface area (Å²) in [7, 11) is 1.29. The normalized spacial score (nSPS) is 14.0. The molecule has 8 heteroatoms. The summed E-state index contributed by atoms with van der Waals surface area (Å²) in [6.45, 7) is 0.314. The van der Waals surface area contributed by atoms with Gasteiger partial charge in [-0.05, 0) is 12.8 Å². The molecule has 3 rings (SSSR count). The lowest BCUT2D eigenvalue weighted by molar-refractivity contribution is 0.0593. The fourth-order valence-electron chi connectivity index (χ4n) is 1.84. The van der Waals surface area contributed by atoms with Crippen molar-refractivity contribution < 1.29 is 13.9 Å². The lowest BCUT2D eigenvalue weighted by atomic mass is 10.3. The summed E-state index contributed by atoms with van der Waals surface area (Å²) in [6.07, 6.45) is 5.06. The summed E-state index contributed by atoms with van der Waals surface area (Å²) >= 11 is 6.18. The van der Waals surface area contributed by atoms with Crippen LogP contribution in [-0.2, 0) is 11.3 Å². The van der Waals surface area contributed by atoms with Crippen LogP contribution in [0.25, 0.3) is 0 Å². The molecule has 2 aromatic heterocycles. The fraction of sp³-hybridized carbons (Fsp3) is 0.385. The third-order valence-electron chi connectivity index (χ3n) is 3.08. The van der Waals surface area contributed by atoms with E-state index in [0.29, 0.717) is 24.1 Å². The van der Waals surface area contributed by atoms with Gasteiger partial charge in [0.2, 0.25) is 5.89 Å². The molecule has 0 aromatic carbocycles. The molecule has 1 fully saturated rings. The Morgan fingerprint density at radius 2 is 2.33 bits per heavy atom. The van der Waals surface area contributed by atoms with Gasteiger partial charge in [-0.3, -0.25) is 0 Å². The molecular formula is C13H13ClN4O3. The molecule has 2 heterocycles. The zero-order valence-corrected chi connectivity index (χ0v) is 12.1. The highest BCUT2D eigenvalue weighted by molar-refractivity contribution is 6.35. The summed E-state index contributed by atoms with van der Waals surface area (Å²) < 4.78 is 9.84. The van der Waals surface area contributed by atoms with Crippen molar-refractivity contribution in [3.63, 3.8) is 0 Å². The first-order valence-corrected chi connectivity index (χ1v) is 6.85. The Labute approximate surface area is 125 Å². The van der Waals surface area contributed by atoms with Gasteiger partial charge in [-0.2, -0.15) is 0 Å². The lowest BCUT2D eigenvalue weighted by Gasteiger charge is -2.10. The van der Waals surface area contributed by atoms with E-state index >= 15 is 0 Å². The van der Waals surface area contributed by atoms with Gasteiger partial charge in [-0.1, -0.05) is 11.6 Å². The summed E-state index contributed by atoms with van der Waals surface area (Å²) in [5.41, 5.74) is 0.0750. The zero-order chi connectivity index (χ0) is 14.8. The Kier molecular flexibility index (Phi) is 3.74. The number of hydrogen-bond donors (Lipinski definition) is 1. The molecule has 0 saturated heterocycles. The number of esters is 1. The van der Waals surface area contributed by atoms with Crippen molar-refractivity contribution in [2.45, 2.75) is 25.3 Å². The van der Waals surface area contributed by atoms with Crippen LogP contribution in [0.5, 0.6) is 0 Å². The maximum absolute atomic E-state index is 11.8. The molecular weight excluding hydrogens is 296 g/mol. The number of carbonyl (C=O) groups is 1. The number of nitrogens with one attached hydrogen (secondary N) is 1. The summed E-state index contributed by atoms with van der Waals surface area (Å²) in [4.78, 5) is 24.4. The predicted octanol–water partition coefficient (Wildman–Crippen LogP) is 2.39. The molecule has 1 aliphatic rings. The lowest BCUT2D eigenvalue weighted by Crippen LogP contribution is -2.12. The van der Waals surface area contributed by atoms with E-state index in [1.807, 2.05) is 0 Å². The zero-order valence-electron chi connectivity index (χ0n) is 11.3. The maximum Gasteiger partial charge on any atom is 0.358 e. The summed E-state index contributed by atoms with van der Waals surface area (Å²) in [5.74, 6) is 1.19. The van der Waals surface area contributed by atoms with Crippen molar-refractivity contribution in [3.8, 4) is 0 Å². The quantitative estimate of drug-likeness (QED) is 0.848. The van der Waals surface area contributed by atoms with Crippen LogP contribution in [0.4, 0.5) is 5.82 Å². The van der Waals surface area contributed by atoms with E-state index in [1.165, 1.54) is 13.4 Å². The molecule has 0 atom stereocenters. The van der Waals surface area contributed by atoms with Crippen molar-refractivity contribution in [1.29, 1.82) is 0 Å². The molecule has 7 nitrogen and oxygen atoms in total. The SMILES string of the molecule is COC(=O)c1nc(C2CC2)nc(NCc2ncco2)c1Cl. The van der Waals surface area contributed by atoms with Gasteiger partial charge in [0.25, 0.3) is 0 Å². The van der Waals surface area contributed by atoms with Crippen molar-refractivity contribution in [3.05, 3.63) is 34.9 Å². The highest BCUT2D eigenvalue weighted by Gasteiger charge is 2.30. The van der Waals surface area contributed by atoms with Crippen LogP contribution in [0.3, 0.4) is 0 Å². The number of aromatic nitrogens is 3. The van der Waals surface area contributed by atoms with Crippen molar-refractivity contribution in [2.75, 3.05) is 12.4 Å². The first kappa shape index (κ1) is 13.8. The van der Waals surface area contributed by atoms with Crippen LogP contribution in [0.2, 0.25) is 5.02 Å². The van der Waals surface area contributed by atoms with Gasteiger partial charge in [0.1, 0.15) is 22.9 Å². The van der Waals surface area contributed by atoms with Gasteiger partial charge in [0.05, 0.1) is 19.9 Å².